The molecule has 9 heteroatoms. The van der Waals surface area contributed by atoms with Gasteiger partial charge in [0, 0.05) is 11.6 Å². The number of rotatable bonds is 6. The Hall–Kier alpha value is -2.12. The van der Waals surface area contributed by atoms with E-state index in [1.165, 1.54) is 6.07 Å². The number of hydrogen-bond donors (Lipinski definition) is 2. The average molecular weight is 407 g/mol. The molecule has 2 N–H and O–H groups in total. The van der Waals surface area contributed by atoms with E-state index in [0.717, 1.165) is 12.1 Å². The fraction of sp³-hybridized carbons (Fsp3) is 0.235. The zero-order valence-corrected chi connectivity index (χ0v) is 14.9. The van der Waals surface area contributed by atoms with Gasteiger partial charge in [0.15, 0.2) is 0 Å². The van der Waals surface area contributed by atoms with Gasteiger partial charge in [0.05, 0.1) is 22.9 Å². The maximum absolute atomic E-state index is 13.0. The number of anilines is 1. The smallest absolute Gasteiger partial charge is 0.418 e. The summed E-state index contributed by atoms with van der Waals surface area (Å²) in [6, 6.07) is 9.32. The SMILES string of the molecule is O=C(NCCCOc1ccccc1Cl)Nc1ccc(Cl)cc1C(F)(F)F. The topological polar surface area (TPSA) is 50.4 Å². The third-order valence-electron chi connectivity index (χ3n) is 3.24. The monoisotopic (exact) mass is 406 g/mol. The molecular weight excluding hydrogens is 392 g/mol. The third-order valence-corrected chi connectivity index (χ3v) is 3.78. The minimum absolute atomic E-state index is 0.0694. The maximum atomic E-state index is 13.0. The second kappa shape index (κ2) is 9.00. The van der Waals surface area contributed by atoms with E-state index in [2.05, 4.69) is 10.6 Å². The summed E-state index contributed by atoms with van der Waals surface area (Å²) in [5.74, 6) is 0.523. The number of carbonyl (C=O) groups is 1. The highest BCUT2D eigenvalue weighted by Gasteiger charge is 2.34. The van der Waals surface area contributed by atoms with E-state index < -0.39 is 17.8 Å². The van der Waals surface area contributed by atoms with E-state index in [-0.39, 0.29) is 17.3 Å². The number of amides is 2. The Morgan fingerprint density at radius 3 is 2.54 bits per heavy atom. The van der Waals surface area contributed by atoms with Crippen molar-refractivity contribution >= 4 is 34.9 Å². The molecule has 4 nitrogen and oxygen atoms in total. The Bertz CT molecular complexity index is 770. The quantitative estimate of drug-likeness (QED) is 0.613. The third kappa shape index (κ3) is 6.00. The zero-order valence-electron chi connectivity index (χ0n) is 13.4. The second-order valence-electron chi connectivity index (χ2n) is 5.20. The lowest BCUT2D eigenvalue weighted by Gasteiger charge is -2.14. The Morgan fingerprint density at radius 2 is 1.85 bits per heavy atom. The van der Waals surface area contributed by atoms with Gasteiger partial charge in [-0.25, -0.2) is 4.79 Å². The van der Waals surface area contributed by atoms with Crippen molar-refractivity contribution in [1.82, 2.24) is 5.32 Å². The van der Waals surface area contributed by atoms with Crippen LogP contribution in [0.15, 0.2) is 42.5 Å². The van der Waals surface area contributed by atoms with Crippen LogP contribution in [0.4, 0.5) is 23.7 Å². The molecule has 2 rings (SSSR count). The number of ether oxygens (including phenoxy) is 1. The van der Waals surface area contributed by atoms with Gasteiger partial charge in [-0.1, -0.05) is 35.3 Å². The highest BCUT2D eigenvalue weighted by molar-refractivity contribution is 6.32. The summed E-state index contributed by atoms with van der Waals surface area (Å²) >= 11 is 11.5. The number of para-hydroxylation sites is 1. The van der Waals surface area contributed by atoms with Gasteiger partial charge < -0.3 is 15.4 Å². The summed E-state index contributed by atoms with van der Waals surface area (Å²) < 4.78 is 44.3. The van der Waals surface area contributed by atoms with Gasteiger partial charge in [0.2, 0.25) is 0 Å². The molecule has 0 saturated heterocycles. The van der Waals surface area contributed by atoms with Crippen molar-refractivity contribution in [2.45, 2.75) is 12.6 Å². The Kier molecular flexibility index (Phi) is 6.99. The Labute approximate surface area is 158 Å². The first-order valence-corrected chi connectivity index (χ1v) is 8.32. The van der Waals surface area contributed by atoms with Crippen LogP contribution in [0.2, 0.25) is 10.0 Å². The van der Waals surface area contributed by atoms with Crippen LogP contribution >= 0.6 is 23.2 Å². The number of hydrogen-bond acceptors (Lipinski definition) is 2. The minimum atomic E-state index is -4.63. The van der Waals surface area contributed by atoms with E-state index >= 15 is 0 Å². The van der Waals surface area contributed by atoms with E-state index in [1.807, 2.05) is 0 Å². The molecule has 0 unspecified atom stereocenters. The Balaban J connectivity index is 1.80. The van der Waals surface area contributed by atoms with Crippen LogP contribution in [0.25, 0.3) is 0 Å². The molecule has 0 heterocycles. The normalized spacial score (nSPS) is 11.1. The molecule has 0 aliphatic carbocycles. The second-order valence-corrected chi connectivity index (χ2v) is 6.04. The summed E-state index contributed by atoms with van der Waals surface area (Å²) in [5, 5.41) is 5.04. The summed E-state index contributed by atoms with van der Waals surface area (Å²) in [4.78, 5) is 11.8. The lowest BCUT2D eigenvalue weighted by atomic mass is 10.1. The van der Waals surface area contributed by atoms with E-state index in [4.69, 9.17) is 27.9 Å². The van der Waals surface area contributed by atoms with E-state index in [0.29, 0.717) is 23.8 Å². The first-order chi connectivity index (χ1) is 12.3. The van der Waals surface area contributed by atoms with Crippen molar-refractivity contribution in [3.05, 3.63) is 58.1 Å². The molecule has 0 aliphatic heterocycles. The van der Waals surface area contributed by atoms with Gasteiger partial charge in [0.25, 0.3) is 0 Å². The van der Waals surface area contributed by atoms with Crippen LogP contribution in [-0.4, -0.2) is 19.2 Å². The average Bonchev–Trinajstić information content (AvgIpc) is 2.57. The van der Waals surface area contributed by atoms with Crippen molar-refractivity contribution in [3.8, 4) is 5.75 Å². The van der Waals surface area contributed by atoms with Gasteiger partial charge in [-0.2, -0.15) is 13.2 Å². The number of alkyl halides is 3. The highest BCUT2D eigenvalue weighted by atomic mass is 35.5. The van der Waals surface area contributed by atoms with Gasteiger partial charge in [-0.3, -0.25) is 0 Å². The first-order valence-electron chi connectivity index (χ1n) is 7.56. The molecule has 2 amide bonds. The van der Waals surface area contributed by atoms with Crippen molar-refractivity contribution in [3.63, 3.8) is 0 Å². The molecule has 0 aromatic heterocycles. The molecule has 2 aromatic rings. The lowest BCUT2D eigenvalue weighted by molar-refractivity contribution is -0.136. The molecule has 26 heavy (non-hydrogen) atoms. The standard InChI is InChI=1S/C17H15Cl2F3N2O2/c18-11-6-7-14(12(10-11)17(20,21)22)24-16(25)23-8-3-9-26-15-5-2-1-4-13(15)19/h1-2,4-7,10H,3,8-9H2,(H2,23,24,25). The lowest BCUT2D eigenvalue weighted by Crippen LogP contribution is -2.31. The molecular formula is C17H15Cl2F3N2O2. The van der Waals surface area contributed by atoms with Gasteiger partial charge >= 0.3 is 12.2 Å². The number of halogens is 5. The molecule has 0 fully saturated rings. The fourth-order valence-corrected chi connectivity index (χ4v) is 2.41. The molecule has 0 radical (unpaired) electrons. The summed E-state index contributed by atoms with van der Waals surface area (Å²) in [7, 11) is 0. The molecule has 0 aliphatic rings. The van der Waals surface area contributed by atoms with Crippen molar-refractivity contribution in [2.24, 2.45) is 0 Å². The molecule has 0 atom stereocenters. The molecule has 0 bridgehead atoms. The summed E-state index contributed by atoms with van der Waals surface area (Å²) in [6.07, 6.45) is -4.18. The molecule has 0 saturated carbocycles. The van der Waals surface area contributed by atoms with Crippen molar-refractivity contribution in [1.29, 1.82) is 0 Å². The predicted molar refractivity (Wildman–Crippen MR) is 95.0 cm³/mol. The molecule has 140 valence electrons. The zero-order chi connectivity index (χ0) is 19.2. The number of benzene rings is 2. The van der Waals surface area contributed by atoms with Gasteiger partial charge in [-0.05, 0) is 36.8 Å². The van der Waals surface area contributed by atoms with Crippen LogP contribution < -0.4 is 15.4 Å². The van der Waals surface area contributed by atoms with Crippen LogP contribution in [0.1, 0.15) is 12.0 Å². The number of carbonyl (C=O) groups excluding carboxylic acids is 1. The minimum Gasteiger partial charge on any atom is -0.492 e. The van der Waals surface area contributed by atoms with Gasteiger partial charge in [0.1, 0.15) is 5.75 Å². The fourth-order valence-electron chi connectivity index (χ4n) is 2.04. The Morgan fingerprint density at radius 1 is 1.12 bits per heavy atom. The predicted octanol–water partition coefficient (Wildman–Crippen LogP) is 5.60. The van der Waals surface area contributed by atoms with Crippen LogP contribution in [0.3, 0.4) is 0 Å². The van der Waals surface area contributed by atoms with Crippen LogP contribution in [0, 0.1) is 0 Å². The van der Waals surface area contributed by atoms with Crippen molar-refractivity contribution < 1.29 is 22.7 Å². The van der Waals surface area contributed by atoms with E-state index in [9.17, 15) is 18.0 Å². The largest absolute Gasteiger partial charge is 0.492 e. The van der Waals surface area contributed by atoms with E-state index in [1.54, 1.807) is 24.3 Å². The number of urea groups is 1. The highest BCUT2D eigenvalue weighted by Crippen LogP contribution is 2.36. The molecule has 0 spiro atoms. The molecule has 2 aromatic carbocycles. The van der Waals surface area contributed by atoms with Crippen LogP contribution in [0.5, 0.6) is 5.75 Å². The van der Waals surface area contributed by atoms with Crippen LogP contribution in [-0.2, 0) is 6.18 Å². The summed E-state index contributed by atoms with van der Waals surface area (Å²) in [5.41, 5.74) is -1.38. The first kappa shape index (κ1) is 20.2. The number of nitrogens with one attached hydrogen (secondary N) is 2. The van der Waals surface area contributed by atoms with Crippen molar-refractivity contribution in [2.75, 3.05) is 18.5 Å². The maximum Gasteiger partial charge on any atom is 0.418 e. The summed E-state index contributed by atoms with van der Waals surface area (Å²) in [6.45, 7) is 0.504. The van der Waals surface area contributed by atoms with Gasteiger partial charge in [-0.15, -0.1) is 0 Å².